The largest absolute Gasteiger partial charge is 0.370 e. The van der Waals surface area contributed by atoms with Crippen molar-refractivity contribution in [3.63, 3.8) is 0 Å². The zero-order valence-corrected chi connectivity index (χ0v) is 15.1. The van der Waals surface area contributed by atoms with E-state index in [0.29, 0.717) is 5.56 Å². The van der Waals surface area contributed by atoms with Crippen molar-refractivity contribution in [3.05, 3.63) is 52.1 Å². The van der Waals surface area contributed by atoms with Crippen LogP contribution >= 0.6 is 15.9 Å². The number of pyridine rings is 1. The van der Waals surface area contributed by atoms with Crippen LogP contribution in [0.15, 0.2) is 41.0 Å². The van der Waals surface area contributed by atoms with Gasteiger partial charge in [-0.25, -0.2) is 4.98 Å². The third kappa shape index (κ3) is 5.36. The average molecular weight is 376 g/mol. The normalized spacial score (nSPS) is 10.4. The second-order valence-electron chi connectivity index (χ2n) is 5.48. The fourth-order valence-electron chi connectivity index (χ4n) is 2.22. The molecular weight excluding hydrogens is 354 g/mol. The summed E-state index contributed by atoms with van der Waals surface area (Å²) in [4.78, 5) is 16.7. The van der Waals surface area contributed by atoms with Crippen molar-refractivity contribution in [2.45, 2.75) is 33.1 Å². The Morgan fingerprint density at radius 3 is 2.78 bits per heavy atom. The summed E-state index contributed by atoms with van der Waals surface area (Å²) >= 11 is 3.42. The molecule has 1 aromatic heterocycles. The fraction of sp³-hybridized carbons (Fsp3) is 0.333. The first-order valence-electron chi connectivity index (χ1n) is 7.87. The van der Waals surface area contributed by atoms with Gasteiger partial charge in [0.2, 0.25) is 0 Å². The van der Waals surface area contributed by atoms with E-state index >= 15 is 0 Å². The molecule has 5 heteroatoms. The van der Waals surface area contributed by atoms with Crippen LogP contribution in [0.2, 0.25) is 0 Å². The molecule has 2 rings (SSSR count). The molecule has 0 spiro atoms. The summed E-state index contributed by atoms with van der Waals surface area (Å²) in [6.45, 7) is 5.01. The van der Waals surface area contributed by atoms with Gasteiger partial charge in [0.15, 0.2) is 0 Å². The summed E-state index contributed by atoms with van der Waals surface area (Å²) in [6, 6.07) is 9.29. The van der Waals surface area contributed by atoms with Gasteiger partial charge in [-0.05, 0) is 49.2 Å². The third-order valence-electron chi connectivity index (χ3n) is 3.55. The smallest absolute Gasteiger partial charge is 0.255 e. The second kappa shape index (κ2) is 8.67. The van der Waals surface area contributed by atoms with Gasteiger partial charge in [-0.3, -0.25) is 4.79 Å². The first kappa shape index (κ1) is 17.5. The molecule has 0 aliphatic carbocycles. The molecule has 4 nitrogen and oxygen atoms in total. The van der Waals surface area contributed by atoms with Crippen LogP contribution in [0, 0.1) is 6.92 Å². The summed E-state index contributed by atoms with van der Waals surface area (Å²) in [5.74, 6) is 0.607. The predicted octanol–water partition coefficient (Wildman–Crippen LogP) is 5.01. The highest BCUT2D eigenvalue weighted by Gasteiger charge is 2.09. The summed E-state index contributed by atoms with van der Waals surface area (Å²) < 4.78 is 0.996. The van der Waals surface area contributed by atoms with Crippen LogP contribution in [0.25, 0.3) is 0 Å². The number of rotatable bonds is 7. The molecule has 0 atom stereocenters. The Hall–Kier alpha value is -1.88. The molecule has 0 aliphatic rings. The van der Waals surface area contributed by atoms with Crippen LogP contribution in [-0.2, 0) is 0 Å². The first-order chi connectivity index (χ1) is 11.1. The van der Waals surface area contributed by atoms with E-state index in [4.69, 9.17) is 0 Å². The molecule has 1 amide bonds. The van der Waals surface area contributed by atoms with E-state index < -0.39 is 0 Å². The van der Waals surface area contributed by atoms with Gasteiger partial charge < -0.3 is 10.6 Å². The average Bonchev–Trinajstić information content (AvgIpc) is 2.54. The van der Waals surface area contributed by atoms with Crippen molar-refractivity contribution in [2.24, 2.45) is 0 Å². The van der Waals surface area contributed by atoms with Crippen molar-refractivity contribution >= 4 is 33.3 Å². The van der Waals surface area contributed by atoms with E-state index in [2.05, 4.69) is 38.5 Å². The molecule has 1 heterocycles. The van der Waals surface area contributed by atoms with Gasteiger partial charge in [-0.15, -0.1) is 0 Å². The standard InChI is InChI=1S/C18H22BrN3O/c1-3-4-5-9-20-17-12-14(8-10-21-17)18(23)22-16-7-6-15(19)11-13(16)2/h6-8,10-12H,3-5,9H2,1-2H3,(H,20,21)(H,22,23). The summed E-state index contributed by atoms with van der Waals surface area (Å²) in [7, 11) is 0. The molecule has 0 fully saturated rings. The molecule has 2 aromatic rings. The molecule has 0 saturated carbocycles. The third-order valence-corrected chi connectivity index (χ3v) is 4.04. The molecule has 122 valence electrons. The van der Waals surface area contributed by atoms with Crippen molar-refractivity contribution in [1.82, 2.24) is 4.98 Å². The Balaban J connectivity index is 2.01. The number of aryl methyl sites for hydroxylation is 1. The second-order valence-corrected chi connectivity index (χ2v) is 6.39. The molecule has 1 aromatic carbocycles. The Kier molecular flexibility index (Phi) is 6.59. The lowest BCUT2D eigenvalue weighted by atomic mass is 10.2. The van der Waals surface area contributed by atoms with Crippen LogP contribution in [0.1, 0.15) is 42.1 Å². The van der Waals surface area contributed by atoms with Crippen molar-refractivity contribution in [2.75, 3.05) is 17.2 Å². The Morgan fingerprint density at radius 1 is 1.22 bits per heavy atom. The minimum atomic E-state index is -0.130. The minimum Gasteiger partial charge on any atom is -0.370 e. The van der Waals surface area contributed by atoms with E-state index in [1.165, 1.54) is 12.8 Å². The Bertz CT molecular complexity index is 673. The zero-order chi connectivity index (χ0) is 16.7. The van der Waals surface area contributed by atoms with E-state index in [9.17, 15) is 4.79 Å². The molecule has 23 heavy (non-hydrogen) atoms. The minimum absolute atomic E-state index is 0.130. The molecule has 0 unspecified atom stereocenters. The topological polar surface area (TPSA) is 54.0 Å². The summed E-state index contributed by atoms with van der Waals surface area (Å²) in [5, 5.41) is 6.20. The van der Waals surface area contributed by atoms with Crippen molar-refractivity contribution in [3.8, 4) is 0 Å². The van der Waals surface area contributed by atoms with Gasteiger partial charge in [0.05, 0.1) is 0 Å². The van der Waals surface area contributed by atoms with Crippen molar-refractivity contribution in [1.29, 1.82) is 0 Å². The van der Waals surface area contributed by atoms with Crippen LogP contribution in [-0.4, -0.2) is 17.4 Å². The molecule has 0 bridgehead atoms. The number of hydrogen-bond acceptors (Lipinski definition) is 3. The highest BCUT2D eigenvalue weighted by atomic mass is 79.9. The highest BCUT2D eigenvalue weighted by molar-refractivity contribution is 9.10. The highest BCUT2D eigenvalue weighted by Crippen LogP contribution is 2.21. The summed E-state index contributed by atoms with van der Waals surface area (Å²) in [6.07, 6.45) is 5.14. The fourth-order valence-corrected chi connectivity index (χ4v) is 2.70. The van der Waals surface area contributed by atoms with Gasteiger partial charge in [-0.1, -0.05) is 35.7 Å². The number of benzene rings is 1. The number of halogens is 1. The quantitative estimate of drug-likeness (QED) is 0.668. The number of carbonyl (C=O) groups excluding carboxylic acids is 1. The monoisotopic (exact) mass is 375 g/mol. The predicted molar refractivity (Wildman–Crippen MR) is 99.1 cm³/mol. The van der Waals surface area contributed by atoms with Gasteiger partial charge in [0, 0.05) is 28.5 Å². The molecule has 0 saturated heterocycles. The SMILES string of the molecule is CCCCCNc1cc(C(=O)Nc2ccc(Br)cc2C)ccn1. The lowest BCUT2D eigenvalue weighted by Crippen LogP contribution is -2.13. The Labute approximate surface area is 145 Å². The number of aromatic nitrogens is 1. The lowest BCUT2D eigenvalue weighted by Gasteiger charge is -2.10. The van der Waals surface area contributed by atoms with Crippen LogP contribution in [0.5, 0.6) is 0 Å². The number of nitrogens with zero attached hydrogens (tertiary/aromatic N) is 1. The number of unbranched alkanes of at least 4 members (excludes halogenated alkanes) is 2. The zero-order valence-electron chi connectivity index (χ0n) is 13.5. The maximum atomic E-state index is 12.4. The molecule has 0 aliphatic heterocycles. The molecular formula is C18H22BrN3O. The van der Waals surface area contributed by atoms with Crippen LogP contribution < -0.4 is 10.6 Å². The van der Waals surface area contributed by atoms with E-state index in [-0.39, 0.29) is 5.91 Å². The Morgan fingerprint density at radius 2 is 2.04 bits per heavy atom. The van der Waals surface area contributed by atoms with E-state index in [1.54, 1.807) is 18.3 Å². The van der Waals surface area contributed by atoms with E-state index in [0.717, 1.165) is 34.5 Å². The maximum absolute atomic E-state index is 12.4. The van der Waals surface area contributed by atoms with Gasteiger partial charge >= 0.3 is 0 Å². The lowest BCUT2D eigenvalue weighted by molar-refractivity contribution is 0.102. The first-order valence-corrected chi connectivity index (χ1v) is 8.67. The number of anilines is 2. The van der Waals surface area contributed by atoms with Crippen molar-refractivity contribution < 1.29 is 4.79 Å². The molecule has 2 N–H and O–H groups in total. The van der Waals surface area contributed by atoms with Crippen LogP contribution in [0.3, 0.4) is 0 Å². The number of amides is 1. The summed E-state index contributed by atoms with van der Waals surface area (Å²) in [5.41, 5.74) is 2.42. The van der Waals surface area contributed by atoms with Gasteiger partial charge in [-0.2, -0.15) is 0 Å². The van der Waals surface area contributed by atoms with Crippen LogP contribution in [0.4, 0.5) is 11.5 Å². The maximum Gasteiger partial charge on any atom is 0.255 e. The number of carbonyl (C=O) groups is 1. The number of nitrogens with one attached hydrogen (secondary N) is 2. The molecule has 0 radical (unpaired) electrons. The van der Waals surface area contributed by atoms with Gasteiger partial charge in [0.25, 0.3) is 5.91 Å². The van der Waals surface area contributed by atoms with Gasteiger partial charge in [0.1, 0.15) is 5.82 Å². The van der Waals surface area contributed by atoms with E-state index in [1.807, 2.05) is 25.1 Å². The number of hydrogen-bond donors (Lipinski definition) is 2.